The van der Waals surface area contributed by atoms with Gasteiger partial charge in [-0.2, -0.15) is 0 Å². The third kappa shape index (κ3) is 3.48. The van der Waals surface area contributed by atoms with E-state index in [9.17, 15) is 4.79 Å². The number of hydrogen-bond donors (Lipinski definition) is 0. The van der Waals surface area contributed by atoms with Crippen LogP contribution in [-0.2, 0) is 0 Å². The Morgan fingerprint density at radius 3 is 2.50 bits per heavy atom. The number of carbonyl (C=O) groups is 1. The van der Waals surface area contributed by atoms with Gasteiger partial charge in [-0.25, -0.2) is 0 Å². The number of carbonyl (C=O) groups excluding carboxylic acids is 1. The minimum atomic E-state index is 0.0514. The monoisotopic (exact) mass is 273 g/mol. The second-order valence-corrected chi connectivity index (χ2v) is 5.99. The molecule has 2 aromatic rings. The standard InChI is InChI=1S/C17H23NO2/c1-12(2)10-18(13(3)4)11-15(19)17-9-14-7-5-6-8-16(14)20-17/h5-9,12-13H,10-11H2,1-4H3. The van der Waals surface area contributed by atoms with Crippen molar-refractivity contribution in [2.45, 2.75) is 33.7 Å². The zero-order valence-corrected chi connectivity index (χ0v) is 12.7. The maximum atomic E-state index is 12.4. The van der Waals surface area contributed by atoms with Crippen LogP contribution in [-0.4, -0.2) is 29.8 Å². The molecule has 0 amide bonds. The van der Waals surface area contributed by atoms with Crippen LogP contribution in [0.4, 0.5) is 0 Å². The van der Waals surface area contributed by atoms with Crippen molar-refractivity contribution in [2.24, 2.45) is 5.92 Å². The summed E-state index contributed by atoms with van der Waals surface area (Å²) < 4.78 is 5.64. The molecule has 0 spiro atoms. The number of rotatable bonds is 6. The van der Waals surface area contributed by atoms with E-state index in [-0.39, 0.29) is 5.78 Å². The quantitative estimate of drug-likeness (QED) is 0.746. The summed E-state index contributed by atoms with van der Waals surface area (Å²) in [5, 5.41) is 0.982. The lowest BCUT2D eigenvalue weighted by atomic mass is 10.1. The number of Topliss-reactive ketones (excluding diaryl/α,β-unsaturated/α-hetero) is 1. The highest BCUT2D eigenvalue weighted by atomic mass is 16.3. The molecule has 0 bridgehead atoms. The summed E-state index contributed by atoms with van der Waals surface area (Å²) in [5.41, 5.74) is 0.774. The van der Waals surface area contributed by atoms with Crippen molar-refractivity contribution < 1.29 is 9.21 Å². The second kappa shape index (κ2) is 6.23. The zero-order valence-electron chi connectivity index (χ0n) is 12.7. The smallest absolute Gasteiger partial charge is 0.211 e. The van der Waals surface area contributed by atoms with Crippen LogP contribution in [0, 0.1) is 5.92 Å². The Bertz CT molecular complexity index is 550. The Morgan fingerprint density at radius 1 is 1.20 bits per heavy atom. The largest absolute Gasteiger partial charge is 0.453 e. The van der Waals surface area contributed by atoms with Crippen LogP contribution in [0.15, 0.2) is 34.7 Å². The molecule has 3 nitrogen and oxygen atoms in total. The van der Waals surface area contributed by atoms with Crippen LogP contribution in [0.2, 0.25) is 0 Å². The lowest BCUT2D eigenvalue weighted by Crippen LogP contribution is -2.38. The highest BCUT2D eigenvalue weighted by Gasteiger charge is 2.19. The number of benzene rings is 1. The highest BCUT2D eigenvalue weighted by molar-refractivity contribution is 5.98. The fourth-order valence-corrected chi connectivity index (χ4v) is 2.31. The van der Waals surface area contributed by atoms with Gasteiger partial charge in [-0.05, 0) is 31.9 Å². The van der Waals surface area contributed by atoms with E-state index in [2.05, 4.69) is 32.6 Å². The minimum absolute atomic E-state index is 0.0514. The predicted molar refractivity (Wildman–Crippen MR) is 82.1 cm³/mol. The first-order valence-corrected chi connectivity index (χ1v) is 7.23. The SMILES string of the molecule is CC(C)CN(CC(=O)c1cc2ccccc2o1)C(C)C. The second-order valence-electron chi connectivity index (χ2n) is 5.99. The van der Waals surface area contributed by atoms with Gasteiger partial charge in [0, 0.05) is 18.0 Å². The third-order valence-corrected chi connectivity index (χ3v) is 3.38. The Kier molecular flexibility index (Phi) is 4.61. The van der Waals surface area contributed by atoms with Gasteiger partial charge in [-0.3, -0.25) is 9.69 Å². The summed E-state index contributed by atoms with van der Waals surface area (Å²) in [4.78, 5) is 14.6. The molecule has 1 aromatic carbocycles. The van der Waals surface area contributed by atoms with Gasteiger partial charge in [0.25, 0.3) is 0 Å². The number of para-hydroxylation sites is 1. The fraction of sp³-hybridized carbons (Fsp3) is 0.471. The van der Waals surface area contributed by atoms with E-state index in [4.69, 9.17) is 4.42 Å². The predicted octanol–water partition coefficient (Wildman–Crippen LogP) is 3.98. The van der Waals surface area contributed by atoms with Crippen LogP contribution in [0.5, 0.6) is 0 Å². The van der Waals surface area contributed by atoms with Crippen molar-refractivity contribution in [1.82, 2.24) is 4.90 Å². The number of furan rings is 1. The molecule has 108 valence electrons. The van der Waals surface area contributed by atoms with Crippen molar-refractivity contribution in [3.63, 3.8) is 0 Å². The van der Waals surface area contributed by atoms with Crippen LogP contribution in [0.3, 0.4) is 0 Å². The first-order chi connectivity index (χ1) is 9.47. The van der Waals surface area contributed by atoms with Gasteiger partial charge in [0.15, 0.2) is 5.76 Å². The molecule has 0 atom stereocenters. The zero-order chi connectivity index (χ0) is 14.7. The van der Waals surface area contributed by atoms with Crippen LogP contribution in [0.25, 0.3) is 11.0 Å². The Morgan fingerprint density at radius 2 is 1.90 bits per heavy atom. The van der Waals surface area contributed by atoms with Crippen LogP contribution in [0.1, 0.15) is 38.2 Å². The molecular weight excluding hydrogens is 250 g/mol. The summed E-state index contributed by atoms with van der Waals surface area (Å²) in [6, 6.07) is 9.91. The Balaban J connectivity index is 2.13. The Labute approximate surface area is 120 Å². The molecule has 0 unspecified atom stereocenters. The van der Waals surface area contributed by atoms with Gasteiger partial charge in [0.1, 0.15) is 5.58 Å². The average Bonchev–Trinajstić information content (AvgIpc) is 2.81. The summed E-state index contributed by atoms with van der Waals surface area (Å²) in [6.45, 7) is 9.91. The first kappa shape index (κ1) is 14.8. The van der Waals surface area contributed by atoms with Crippen molar-refractivity contribution in [3.8, 4) is 0 Å². The van der Waals surface area contributed by atoms with Crippen molar-refractivity contribution >= 4 is 16.8 Å². The molecule has 0 radical (unpaired) electrons. The number of hydrogen-bond acceptors (Lipinski definition) is 3. The molecule has 1 aromatic heterocycles. The van der Waals surface area contributed by atoms with E-state index in [1.165, 1.54) is 0 Å². The maximum Gasteiger partial charge on any atom is 0.211 e. The molecular formula is C17H23NO2. The molecule has 0 saturated carbocycles. The fourth-order valence-electron chi connectivity index (χ4n) is 2.31. The summed E-state index contributed by atoms with van der Waals surface area (Å²) in [6.07, 6.45) is 0. The number of ketones is 1. The highest BCUT2D eigenvalue weighted by Crippen LogP contribution is 2.19. The minimum Gasteiger partial charge on any atom is -0.453 e. The van der Waals surface area contributed by atoms with Gasteiger partial charge in [-0.15, -0.1) is 0 Å². The van der Waals surface area contributed by atoms with Gasteiger partial charge in [0.05, 0.1) is 6.54 Å². The molecule has 0 aliphatic rings. The molecule has 2 rings (SSSR count). The molecule has 1 heterocycles. The van der Waals surface area contributed by atoms with Crippen LogP contribution >= 0.6 is 0 Å². The van der Waals surface area contributed by atoms with E-state index in [1.807, 2.05) is 30.3 Å². The van der Waals surface area contributed by atoms with Crippen molar-refractivity contribution in [3.05, 3.63) is 36.1 Å². The molecule has 3 heteroatoms. The van der Waals surface area contributed by atoms with E-state index in [0.717, 1.165) is 17.5 Å². The van der Waals surface area contributed by atoms with Gasteiger partial charge in [-0.1, -0.05) is 32.0 Å². The summed E-state index contributed by atoms with van der Waals surface area (Å²) in [7, 11) is 0. The van der Waals surface area contributed by atoms with Gasteiger partial charge < -0.3 is 4.42 Å². The van der Waals surface area contributed by atoms with E-state index in [1.54, 1.807) is 0 Å². The maximum absolute atomic E-state index is 12.4. The molecule has 0 aliphatic carbocycles. The van der Waals surface area contributed by atoms with Crippen molar-refractivity contribution in [2.75, 3.05) is 13.1 Å². The molecule has 0 saturated heterocycles. The summed E-state index contributed by atoms with van der Waals surface area (Å²) in [5.74, 6) is 1.05. The van der Waals surface area contributed by atoms with Gasteiger partial charge >= 0.3 is 0 Å². The molecule has 0 aliphatic heterocycles. The molecule has 0 N–H and O–H groups in total. The molecule has 20 heavy (non-hydrogen) atoms. The first-order valence-electron chi connectivity index (χ1n) is 7.23. The van der Waals surface area contributed by atoms with E-state index >= 15 is 0 Å². The number of fused-ring (bicyclic) bond motifs is 1. The van der Waals surface area contributed by atoms with E-state index < -0.39 is 0 Å². The normalized spacial score (nSPS) is 11.9. The van der Waals surface area contributed by atoms with E-state index in [0.29, 0.717) is 24.3 Å². The Hall–Kier alpha value is -1.61. The molecule has 0 fully saturated rings. The lowest BCUT2D eigenvalue weighted by molar-refractivity contribution is 0.0867. The van der Waals surface area contributed by atoms with Gasteiger partial charge in [0.2, 0.25) is 5.78 Å². The number of nitrogens with zero attached hydrogens (tertiary/aromatic N) is 1. The summed E-state index contributed by atoms with van der Waals surface area (Å²) >= 11 is 0. The lowest BCUT2D eigenvalue weighted by Gasteiger charge is -2.27. The third-order valence-electron chi connectivity index (χ3n) is 3.38. The average molecular weight is 273 g/mol. The van der Waals surface area contributed by atoms with Crippen molar-refractivity contribution in [1.29, 1.82) is 0 Å². The van der Waals surface area contributed by atoms with Crippen LogP contribution < -0.4 is 0 Å². The topological polar surface area (TPSA) is 33.5 Å².